The molecule has 25 atom stereocenters. The second-order valence-electron chi connectivity index (χ2n) is 23.8. The third-order valence-electron chi connectivity index (χ3n) is 19.4. The number of aliphatic hydroxyl groups excluding tert-OH is 8. The van der Waals surface area contributed by atoms with Gasteiger partial charge in [-0.2, -0.15) is 0 Å². The molecule has 17 nitrogen and oxygen atoms in total. The van der Waals surface area contributed by atoms with Gasteiger partial charge in [0.05, 0.1) is 31.5 Å². The second kappa shape index (κ2) is 20.1. The Bertz CT molecular complexity index is 1750. The number of fused-ring (bicyclic) bond motifs is 5. The zero-order valence-corrected chi connectivity index (χ0v) is 41.9. The summed E-state index contributed by atoms with van der Waals surface area (Å²) < 4.78 is 50.3. The molecule has 8 rings (SSSR count). The van der Waals surface area contributed by atoms with Gasteiger partial charge in [0, 0.05) is 13.0 Å². The average molecular weight is 971 g/mol. The zero-order chi connectivity index (χ0) is 49.5. The van der Waals surface area contributed by atoms with Gasteiger partial charge in [-0.05, 0) is 124 Å². The summed E-state index contributed by atoms with van der Waals surface area (Å²) in [7, 11) is 0. The molecule has 0 unspecified atom stereocenters. The first-order chi connectivity index (χ1) is 32.0. The van der Waals surface area contributed by atoms with Crippen molar-refractivity contribution >= 4 is 0 Å². The predicted octanol–water partition coefficient (Wildman–Crippen LogP) is 2.80. The van der Waals surface area contributed by atoms with Crippen molar-refractivity contribution in [2.24, 2.45) is 45.3 Å². The standard InChI is InChI=1S/C51H86O17/c1-10-11-20-61-46-51(60,22-27(64-46)21-25(2)3)29-14-18-49(8)28(29)12-13-33-48(7)17-16-34(47(5,6)32(48)15-19-50(33,49)9)66-45-42(68-44-40(59)38(57)35(54)26(4)63-44)41(37(56)31(23-52)65-45)67-43-39(58)36(55)30(53)24-62-43/h21,26-46,52-60H,10-20,22-24H2,1-9H3/t26-,27+,28+,29-,30+,31+,32-,33+,34-,35-,36-,37+,38+,39+,40+,41-,42+,43-,44-,45-,46-,48-,49+,50+,51+/m0/s1. The van der Waals surface area contributed by atoms with Crippen molar-refractivity contribution in [3.8, 4) is 0 Å². The Labute approximate surface area is 402 Å². The Morgan fingerprint density at radius 2 is 1.37 bits per heavy atom. The molecule has 4 saturated heterocycles. The van der Waals surface area contributed by atoms with E-state index in [0.717, 1.165) is 63.4 Å². The molecule has 0 radical (unpaired) electrons. The number of hydrogen-bond acceptors (Lipinski definition) is 17. The fourth-order valence-corrected chi connectivity index (χ4v) is 15.6. The Morgan fingerprint density at radius 1 is 0.676 bits per heavy atom. The number of unbranched alkanes of at least 4 members (excludes halogenated alkanes) is 1. The smallest absolute Gasteiger partial charge is 0.187 e. The van der Waals surface area contributed by atoms with Crippen LogP contribution in [-0.2, 0) is 37.9 Å². The maximum atomic E-state index is 12.8. The third-order valence-corrected chi connectivity index (χ3v) is 19.4. The quantitative estimate of drug-likeness (QED) is 0.0731. The van der Waals surface area contributed by atoms with Gasteiger partial charge >= 0.3 is 0 Å². The summed E-state index contributed by atoms with van der Waals surface area (Å²) >= 11 is 0. The molecule has 4 saturated carbocycles. The van der Waals surface area contributed by atoms with Gasteiger partial charge in [-0.25, -0.2) is 0 Å². The summed E-state index contributed by atoms with van der Waals surface area (Å²) in [6.45, 7) is 19.3. The van der Waals surface area contributed by atoms with Gasteiger partial charge in [0.15, 0.2) is 25.2 Å². The highest BCUT2D eigenvalue weighted by atomic mass is 16.8. The fraction of sp³-hybridized carbons (Fsp3) is 0.961. The van der Waals surface area contributed by atoms with E-state index >= 15 is 0 Å². The van der Waals surface area contributed by atoms with E-state index in [1.807, 2.05) is 0 Å². The third kappa shape index (κ3) is 9.02. The molecule has 4 aliphatic carbocycles. The molecule has 17 heteroatoms. The van der Waals surface area contributed by atoms with Crippen LogP contribution in [0, 0.1) is 45.3 Å². The van der Waals surface area contributed by atoms with Crippen LogP contribution in [-0.4, -0.2) is 176 Å². The zero-order valence-electron chi connectivity index (χ0n) is 41.9. The van der Waals surface area contributed by atoms with E-state index in [1.54, 1.807) is 0 Å². The minimum absolute atomic E-state index is 0.000658. The summed E-state index contributed by atoms with van der Waals surface area (Å²) in [5, 5.41) is 99.0. The van der Waals surface area contributed by atoms with Crippen LogP contribution in [0.15, 0.2) is 11.6 Å². The maximum Gasteiger partial charge on any atom is 0.187 e. The van der Waals surface area contributed by atoms with Crippen LogP contribution in [0.3, 0.4) is 0 Å². The van der Waals surface area contributed by atoms with Crippen LogP contribution >= 0.6 is 0 Å². The summed E-state index contributed by atoms with van der Waals surface area (Å²) in [6, 6.07) is 0. The Hall–Kier alpha value is -0.940. The highest BCUT2D eigenvalue weighted by Gasteiger charge is 2.71. The molecule has 0 aromatic carbocycles. The normalized spacial score (nSPS) is 53.6. The van der Waals surface area contributed by atoms with Crippen molar-refractivity contribution in [3.05, 3.63) is 11.6 Å². The van der Waals surface area contributed by atoms with Gasteiger partial charge in [0.2, 0.25) is 0 Å². The molecule has 0 bridgehead atoms. The minimum Gasteiger partial charge on any atom is -0.394 e. The van der Waals surface area contributed by atoms with Gasteiger partial charge in [0.25, 0.3) is 0 Å². The molecule has 0 aromatic heterocycles. The fourth-order valence-electron chi connectivity index (χ4n) is 15.6. The van der Waals surface area contributed by atoms with Gasteiger partial charge in [-0.3, -0.25) is 0 Å². The van der Waals surface area contributed by atoms with Crippen molar-refractivity contribution in [1.82, 2.24) is 0 Å². The van der Waals surface area contributed by atoms with Crippen molar-refractivity contribution in [2.75, 3.05) is 19.8 Å². The average Bonchev–Trinajstić information content (AvgIpc) is 3.81. The lowest BCUT2D eigenvalue weighted by Gasteiger charge is -2.70. The molecule has 4 aliphatic heterocycles. The van der Waals surface area contributed by atoms with Crippen molar-refractivity contribution in [1.29, 1.82) is 0 Å². The predicted molar refractivity (Wildman–Crippen MR) is 244 cm³/mol. The lowest BCUT2D eigenvalue weighted by Crippen LogP contribution is -2.67. The van der Waals surface area contributed by atoms with Crippen LogP contribution in [0.2, 0.25) is 0 Å². The first kappa shape index (κ1) is 53.4. The minimum atomic E-state index is -1.74. The lowest BCUT2D eigenvalue weighted by atomic mass is 9.35. The Kier molecular flexibility index (Phi) is 15.7. The van der Waals surface area contributed by atoms with E-state index in [0.29, 0.717) is 31.3 Å². The molecule has 8 aliphatic rings. The van der Waals surface area contributed by atoms with Gasteiger partial charge in [0.1, 0.15) is 66.6 Å². The summed E-state index contributed by atoms with van der Waals surface area (Å²) in [6.07, 6.45) is -10.2. The van der Waals surface area contributed by atoms with E-state index in [-0.39, 0.29) is 40.8 Å². The number of hydrogen-bond donors (Lipinski definition) is 9. The van der Waals surface area contributed by atoms with Crippen LogP contribution in [0.5, 0.6) is 0 Å². The molecule has 8 fully saturated rings. The lowest BCUT2D eigenvalue weighted by molar-refractivity contribution is -0.395. The van der Waals surface area contributed by atoms with Gasteiger partial charge in [-0.1, -0.05) is 59.6 Å². The van der Waals surface area contributed by atoms with E-state index in [2.05, 4.69) is 61.5 Å². The van der Waals surface area contributed by atoms with E-state index in [9.17, 15) is 46.0 Å². The van der Waals surface area contributed by atoms with E-state index < -0.39 is 116 Å². The summed E-state index contributed by atoms with van der Waals surface area (Å²) in [5.74, 6) is 0.980. The van der Waals surface area contributed by atoms with Crippen LogP contribution in [0.1, 0.15) is 133 Å². The molecule has 9 N–H and O–H groups in total. The van der Waals surface area contributed by atoms with Gasteiger partial charge in [-0.15, -0.1) is 0 Å². The maximum absolute atomic E-state index is 12.8. The highest BCUT2D eigenvalue weighted by Crippen LogP contribution is 2.76. The Balaban J connectivity index is 1.04. The molecule has 0 amide bonds. The first-order valence-corrected chi connectivity index (χ1v) is 25.9. The van der Waals surface area contributed by atoms with Gasteiger partial charge < -0.3 is 83.9 Å². The molecular formula is C51H86O17. The van der Waals surface area contributed by atoms with E-state index in [4.69, 9.17) is 37.9 Å². The molecule has 68 heavy (non-hydrogen) atoms. The van der Waals surface area contributed by atoms with Crippen molar-refractivity contribution in [3.63, 3.8) is 0 Å². The molecule has 0 spiro atoms. The largest absolute Gasteiger partial charge is 0.394 e. The summed E-state index contributed by atoms with van der Waals surface area (Å²) in [4.78, 5) is 0. The van der Waals surface area contributed by atoms with Crippen LogP contribution < -0.4 is 0 Å². The monoisotopic (exact) mass is 971 g/mol. The Morgan fingerprint density at radius 3 is 2.06 bits per heavy atom. The van der Waals surface area contributed by atoms with Crippen molar-refractivity contribution in [2.45, 2.75) is 243 Å². The molecule has 392 valence electrons. The number of ether oxygens (including phenoxy) is 8. The van der Waals surface area contributed by atoms with Crippen LogP contribution in [0.4, 0.5) is 0 Å². The van der Waals surface area contributed by atoms with Crippen molar-refractivity contribution < 1.29 is 83.9 Å². The summed E-state index contributed by atoms with van der Waals surface area (Å²) in [5.41, 5.74) is -0.454. The second-order valence-corrected chi connectivity index (χ2v) is 23.8. The first-order valence-electron chi connectivity index (χ1n) is 25.9. The van der Waals surface area contributed by atoms with E-state index in [1.165, 1.54) is 6.92 Å². The molecule has 4 heterocycles. The molecular weight excluding hydrogens is 885 g/mol. The number of aliphatic hydroxyl groups is 9. The SMILES string of the molecule is CCCCO[C@H]1O[C@H](C=C(C)C)C[C@@]1(O)[C@H]1CC[C@]2(C)[C@@H]1CC[C@@H]1[C@@]3(C)CC[C@H](O[C@@H]4O[C@H](CO)[C@@H](O)[C@H](O[C@@H]5OC[C@@H](O)[C@H](O)[C@H]5O)[C@H]4O[C@@H]4O[C@@H](C)[C@H](O)[C@@H](O)[C@H]4O)C(C)(C)[C@@H]3CC[C@]12C. The number of rotatable bonds is 13. The van der Waals surface area contributed by atoms with Crippen LogP contribution in [0.25, 0.3) is 0 Å². The topological polar surface area (TPSA) is 256 Å². The number of allylic oxidation sites excluding steroid dienone is 1. The highest BCUT2D eigenvalue weighted by molar-refractivity contribution is 5.20. The molecule has 0 aromatic rings.